The Labute approximate surface area is 246 Å². The van der Waals surface area contributed by atoms with Gasteiger partial charge in [-0.05, 0) is 118 Å². The van der Waals surface area contributed by atoms with Gasteiger partial charge in [0, 0.05) is 13.0 Å². The van der Waals surface area contributed by atoms with Crippen molar-refractivity contribution in [3.8, 4) is 0 Å². The maximum atomic E-state index is 12.9. The van der Waals surface area contributed by atoms with Crippen molar-refractivity contribution in [1.29, 1.82) is 0 Å². The van der Waals surface area contributed by atoms with Crippen LogP contribution in [0.2, 0.25) is 0 Å². The molecule has 0 aliphatic heterocycles. The van der Waals surface area contributed by atoms with Crippen LogP contribution in [-0.2, 0) is 14.3 Å². The fourth-order valence-electron chi connectivity index (χ4n) is 5.51. The Morgan fingerprint density at radius 1 is 0.900 bits per heavy atom. The first kappa shape index (κ1) is 35.9. The van der Waals surface area contributed by atoms with Gasteiger partial charge in [-0.15, -0.1) is 0 Å². The lowest BCUT2D eigenvalue weighted by atomic mass is 9.70. The molecule has 4 atom stereocenters. The van der Waals surface area contributed by atoms with E-state index in [-0.39, 0.29) is 17.8 Å². The minimum absolute atomic E-state index is 0.00755. The van der Waals surface area contributed by atoms with E-state index in [1.54, 1.807) is 0 Å². The zero-order chi connectivity index (χ0) is 30.1. The Morgan fingerprint density at radius 3 is 1.98 bits per heavy atom. The molecule has 1 aliphatic carbocycles. The highest BCUT2D eigenvalue weighted by Crippen LogP contribution is 2.41. The highest BCUT2D eigenvalue weighted by molar-refractivity contribution is 5.74. The summed E-state index contributed by atoms with van der Waals surface area (Å²) < 4.78 is 10.5. The minimum Gasteiger partial charge on any atom is -0.469 e. The summed E-state index contributed by atoms with van der Waals surface area (Å²) in [7, 11) is 2.94. The van der Waals surface area contributed by atoms with Crippen molar-refractivity contribution in [3.05, 3.63) is 70.4 Å². The van der Waals surface area contributed by atoms with E-state index < -0.39 is 12.2 Å². The summed E-state index contributed by atoms with van der Waals surface area (Å²) in [6.07, 6.45) is 21.0. The molecule has 4 nitrogen and oxygen atoms in total. The predicted octanol–water partition coefficient (Wildman–Crippen LogP) is 9.59. The monoisotopic (exact) mass is 554 g/mol. The average Bonchev–Trinajstić information content (AvgIpc) is 2.90. The van der Waals surface area contributed by atoms with Gasteiger partial charge in [0.2, 0.25) is 0 Å². The van der Waals surface area contributed by atoms with Crippen LogP contribution >= 0.6 is 0 Å². The molecular formula is C36H58O4. The topological polar surface area (TPSA) is 55.8 Å². The van der Waals surface area contributed by atoms with Crippen LogP contribution in [-0.4, -0.2) is 31.6 Å². The first-order chi connectivity index (χ1) is 19.0. The third kappa shape index (κ3) is 14.5. The number of ether oxygens (including phenoxy) is 2. The van der Waals surface area contributed by atoms with E-state index in [4.69, 9.17) is 9.47 Å². The lowest BCUT2D eigenvalue weighted by Crippen LogP contribution is -2.41. The number of hydrogen-bond acceptors (Lipinski definition) is 4. The molecule has 0 saturated heterocycles. The van der Waals surface area contributed by atoms with Crippen molar-refractivity contribution in [1.82, 2.24) is 0 Å². The molecule has 40 heavy (non-hydrogen) atoms. The Hall–Kier alpha value is -2.17. The predicted molar refractivity (Wildman–Crippen MR) is 170 cm³/mol. The number of carbonyl (C=O) groups is 1. The number of esters is 1. The second kappa shape index (κ2) is 19.8. The quantitative estimate of drug-likeness (QED) is 0.104. The van der Waals surface area contributed by atoms with Crippen LogP contribution < -0.4 is 0 Å². The Balaban J connectivity index is 2.88. The molecule has 0 saturated carbocycles. The minimum atomic E-state index is -1.00. The van der Waals surface area contributed by atoms with Crippen LogP contribution in [0.1, 0.15) is 112 Å². The normalized spacial score (nSPS) is 20.4. The van der Waals surface area contributed by atoms with E-state index in [1.807, 2.05) is 0 Å². The molecule has 0 spiro atoms. The van der Waals surface area contributed by atoms with E-state index in [2.05, 4.69) is 78.5 Å². The fraction of sp³-hybridized carbons (Fsp3) is 0.639. The number of hydrogen-bond donors (Lipinski definition) is 1. The Kier molecular flexibility index (Phi) is 17.8. The number of aliphatic hydroxyl groups excluding tert-OH is 1. The first-order valence-electron chi connectivity index (χ1n) is 15.2. The van der Waals surface area contributed by atoms with E-state index in [1.165, 1.54) is 47.7 Å². The molecule has 1 rings (SSSR count). The molecule has 4 heteroatoms. The molecule has 0 amide bonds. The number of allylic oxidation sites excluding steroid dienone is 11. The first-order valence-corrected chi connectivity index (χ1v) is 15.2. The van der Waals surface area contributed by atoms with Gasteiger partial charge in [-0.2, -0.15) is 0 Å². The molecule has 0 heterocycles. The molecule has 0 bridgehead atoms. The molecular weight excluding hydrogens is 496 g/mol. The molecule has 0 fully saturated rings. The smallest absolute Gasteiger partial charge is 0.309 e. The third-order valence-electron chi connectivity index (χ3n) is 7.91. The molecule has 4 unspecified atom stereocenters. The molecule has 0 aromatic rings. The molecule has 226 valence electrons. The molecule has 0 radical (unpaired) electrons. The Morgan fingerprint density at radius 2 is 1.45 bits per heavy atom. The average molecular weight is 555 g/mol. The maximum Gasteiger partial charge on any atom is 0.309 e. The lowest BCUT2D eigenvalue weighted by Gasteiger charge is -2.37. The van der Waals surface area contributed by atoms with Crippen LogP contribution in [0.4, 0.5) is 0 Å². The van der Waals surface area contributed by atoms with Crippen molar-refractivity contribution in [2.24, 2.45) is 17.8 Å². The SMILES string of the molecule is C=C(CC/C=C(\C)CCC=C(C)C)CCC1C=C(CC/C=C(\C)CCC=C(C)C)CC(C(O)OC)C1C(=O)OC. The standard InChI is InChI=1S/C36H58O4/c1-26(2)14-10-16-28(5)18-12-19-30(7)22-23-32-24-31(21-13-20-29(6)17-11-15-27(3)4)25-33(35(37)39-8)34(32)36(38)40-9/h14-15,18,20,24,32-35,37H,7,10-13,16-17,19,21-23,25H2,1-6,8-9H3/b28-18+,29-20+. The fourth-order valence-corrected chi connectivity index (χ4v) is 5.51. The molecule has 0 aromatic carbocycles. The molecule has 1 N–H and O–H groups in total. The van der Waals surface area contributed by atoms with E-state index >= 15 is 0 Å². The maximum absolute atomic E-state index is 12.9. The van der Waals surface area contributed by atoms with E-state index in [9.17, 15) is 9.90 Å². The summed E-state index contributed by atoms with van der Waals surface area (Å²) in [6, 6.07) is 0. The highest BCUT2D eigenvalue weighted by atomic mass is 16.6. The van der Waals surface area contributed by atoms with Gasteiger partial charge >= 0.3 is 5.97 Å². The zero-order valence-corrected chi connectivity index (χ0v) is 26.9. The van der Waals surface area contributed by atoms with Gasteiger partial charge in [0.05, 0.1) is 13.0 Å². The number of rotatable bonds is 18. The zero-order valence-electron chi connectivity index (χ0n) is 26.9. The van der Waals surface area contributed by atoms with Crippen molar-refractivity contribution in [3.63, 3.8) is 0 Å². The van der Waals surface area contributed by atoms with Gasteiger partial charge in [-0.25, -0.2) is 0 Å². The van der Waals surface area contributed by atoms with Crippen molar-refractivity contribution < 1.29 is 19.4 Å². The van der Waals surface area contributed by atoms with Crippen molar-refractivity contribution in [2.75, 3.05) is 14.2 Å². The summed E-state index contributed by atoms with van der Waals surface area (Å²) in [6.45, 7) is 17.3. The molecule has 1 aliphatic rings. The Bertz CT molecular complexity index is 938. The van der Waals surface area contributed by atoms with Crippen LogP contribution in [0.3, 0.4) is 0 Å². The lowest BCUT2D eigenvalue weighted by molar-refractivity contribution is -0.166. The van der Waals surface area contributed by atoms with E-state index in [0.29, 0.717) is 6.42 Å². The molecule has 0 aromatic heterocycles. The summed E-state index contributed by atoms with van der Waals surface area (Å²) >= 11 is 0. The van der Waals surface area contributed by atoms with Crippen molar-refractivity contribution in [2.45, 2.75) is 118 Å². The van der Waals surface area contributed by atoms with Gasteiger partial charge in [0.15, 0.2) is 6.29 Å². The summed E-state index contributed by atoms with van der Waals surface area (Å²) in [5.41, 5.74) is 8.06. The van der Waals surface area contributed by atoms with Gasteiger partial charge in [0.25, 0.3) is 0 Å². The van der Waals surface area contributed by atoms with Gasteiger partial charge in [0.1, 0.15) is 0 Å². The van der Waals surface area contributed by atoms with Crippen LogP contribution in [0, 0.1) is 17.8 Å². The highest BCUT2D eigenvalue weighted by Gasteiger charge is 2.42. The van der Waals surface area contributed by atoms with Crippen LogP contribution in [0.15, 0.2) is 70.4 Å². The summed E-state index contributed by atoms with van der Waals surface area (Å²) in [4.78, 5) is 12.9. The van der Waals surface area contributed by atoms with E-state index in [0.717, 1.165) is 64.2 Å². The third-order valence-corrected chi connectivity index (χ3v) is 7.91. The summed E-state index contributed by atoms with van der Waals surface area (Å²) in [5.74, 6) is -1.01. The second-order valence-corrected chi connectivity index (χ2v) is 12.1. The second-order valence-electron chi connectivity index (χ2n) is 12.1. The number of carbonyl (C=O) groups excluding carboxylic acids is 1. The van der Waals surface area contributed by atoms with Crippen LogP contribution in [0.5, 0.6) is 0 Å². The van der Waals surface area contributed by atoms with Gasteiger partial charge in [-0.1, -0.05) is 70.4 Å². The van der Waals surface area contributed by atoms with Gasteiger partial charge in [-0.3, -0.25) is 4.79 Å². The van der Waals surface area contributed by atoms with Crippen molar-refractivity contribution >= 4 is 5.97 Å². The van der Waals surface area contributed by atoms with Gasteiger partial charge < -0.3 is 14.6 Å². The van der Waals surface area contributed by atoms with Crippen LogP contribution in [0.25, 0.3) is 0 Å². The number of aliphatic hydroxyl groups is 1. The largest absolute Gasteiger partial charge is 0.469 e. The number of methoxy groups -OCH3 is 2. The summed E-state index contributed by atoms with van der Waals surface area (Å²) in [5, 5.41) is 10.7.